The molecule has 2 rings (SSSR count). The van der Waals surface area contributed by atoms with Crippen molar-refractivity contribution in [3.05, 3.63) is 64.4 Å². The summed E-state index contributed by atoms with van der Waals surface area (Å²) in [5.41, 5.74) is 2.43. The number of amides is 1. The number of hydrogen-bond donors (Lipinski definition) is 1. The fraction of sp³-hybridized carbons (Fsp3) is 0.188. The number of carbonyl (C=O) groups is 1. The molecule has 0 bridgehead atoms. The minimum atomic E-state index is -0.359. The molecule has 0 saturated heterocycles. The van der Waals surface area contributed by atoms with E-state index in [1.165, 1.54) is 23.9 Å². The molecule has 0 aliphatic rings. The van der Waals surface area contributed by atoms with E-state index in [0.29, 0.717) is 22.2 Å². The number of hydrogen-bond acceptors (Lipinski definition) is 2. The predicted molar refractivity (Wildman–Crippen MR) is 87.4 cm³/mol. The number of rotatable bonds is 5. The van der Waals surface area contributed by atoms with E-state index in [1.54, 1.807) is 6.07 Å². The predicted octanol–water partition coefficient (Wildman–Crippen LogP) is 4.66. The van der Waals surface area contributed by atoms with Gasteiger partial charge in [-0.05, 0) is 42.3 Å². The number of carbonyl (C=O) groups excluding carboxylic acids is 1. The Hall–Kier alpha value is -1.52. The first-order valence-electron chi connectivity index (χ1n) is 6.43. The lowest BCUT2D eigenvalue weighted by atomic mass is 10.2. The number of aryl methyl sites for hydroxylation is 1. The highest BCUT2D eigenvalue weighted by molar-refractivity contribution is 7.99. The molecule has 2 aromatic rings. The molecule has 1 N–H and O–H groups in total. The smallest absolute Gasteiger partial charge is 0.234 e. The molecule has 0 aliphatic heterocycles. The van der Waals surface area contributed by atoms with Crippen LogP contribution in [0, 0.1) is 12.7 Å². The summed E-state index contributed by atoms with van der Waals surface area (Å²) < 4.78 is 13.1. The normalized spacial score (nSPS) is 10.4. The summed E-state index contributed by atoms with van der Waals surface area (Å²) in [6.07, 6.45) is 0. The number of halogens is 2. The van der Waals surface area contributed by atoms with Gasteiger partial charge in [0.15, 0.2) is 0 Å². The summed E-state index contributed by atoms with van der Waals surface area (Å²) in [6, 6.07) is 11.9. The van der Waals surface area contributed by atoms with Crippen LogP contribution in [0.1, 0.15) is 11.1 Å². The van der Waals surface area contributed by atoms with E-state index in [1.807, 2.05) is 31.2 Å². The monoisotopic (exact) mass is 323 g/mol. The quantitative estimate of drug-likeness (QED) is 0.867. The van der Waals surface area contributed by atoms with Crippen molar-refractivity contribution in [2.45, 2.75) is 12.7 Å². The van der Waals surface area contributed by atoms with Crippen LogP contribution in [0.3, 0.4) is 0 Å². The largest absolute Gasteiger partial charge is 0.325 e. The van der Waals surface area contributed by atoms with Crippen LogP contribution >= 0.6 is 23.4 Å². The second-order valence-corrected chi connectivity index (χ2v) is 6.05. The molecule has 110 valence electrons. The lowest BCUT2D eigenvalue weighted by molar-refractivity contribution is -0.113. The molecule has 0 aliphatic carbocycles. The van der Waals surface area contributed by atoms with Crippen molar-refractivity contribution in [3.8, 4) is 0 Å². The molecule has 0 heterocycles. The number of anilines is 1. The van der Waals surface area contributed by atoms with E-state index in [4.69, 9.17) is 11.6 Å². The Kier molecular flexibility index (Phi) is 5.65. The average Bonchev–Trinajstić information content (AvgIpc) is 2.43. The fourth-order valence-corrected chi connectivity index (χ4v) is 2.79. The SMILES string of the molecule is Cc1ccc(F)cc1NC(=O)CSCc1cccc(Cl)c1. The minimum absolute atomic E-state index is 0.143. The summed E-state index contributed by atoms with van der Waals surface area (Å²) in [5, 5.41) is 3.41. The van der Waals surface area contributed by atoms with E-state index in [0.717, 1.165) is 11.1 Å². The van der Waals surface area contributed by atoms with Crippen LogP contribution in [-0.4, -0.2) is 11.7 Å². The van der Waals surface area contributed by atoms with Gasteiger partial charge in [-0.3, -0.25) is 4.79 Å². The van der Waals surface area contributed by atoms with E-state index in [2.05, 4.69) is 5.32 Å². The van der Waals surface area contributed by atoms with Gasteiger partial charge in [-0.15, -0.1) is 11.8 Å². The van der Waals surface area contributed by atoms with Crippen LogP contribution in [0.4, 0.5) is 10.1 Å². The molecule has 1 amide bonds. The third kappa shape index (κ3) is 5.06. The molecule has 0 aromatic heterocycles. The van der Waals surface area contributed by atoms with Crippen LogP contribution in [-0.2, 0) is 10.5 Å². The molecule has 5 heteroatoms. The molecule has 21 heavy (non-hydrogen) atoms. The molecular weight excluding hydrogens is 309 g/mol. The number of benzene rings is 2. The molecule has 0 atom stereocenters. The van der Waals surface area contributed by atoms with Crippen molar-refractivity contribution in [1.29, 1.82) is 0 Å². The van der Waals surface area contributed by atoms with Crippen molar-refractivity contribution in [1.82, 2.24) is 0 Å². The van der Waals surface area contributed by atoms with Crippen LogP contribution in [0.15, 0.2) is 42.5 Å². The van der Waals surface area contributed by atoms with Gasteiger partial charge in [0.1, 0.15) is 5.82 Å². The lowest BCUT2D eigenvalue weighted by Crippen LogP contribution is -2.15. The van der Waals surface area contributed by atoms with Gasteiger partial charge in [0.25, 0.3) is 0 Å². The van der Waals surface area contributed by atoms with Crippen molar-refractivity contribution in [2.24, 2.45) is 0 Å². The van der Waals surface area contributed by atoms with Crippen molar-refractivity contribution in [2.75, 3.05) is 11.1 Å². The zero-order chi connectivity index (χ0) is 15.2. The zero-order valence-electron chi connectivity index (χ0n) is 11.5. The Morgan fingerprint density at radius 1 is 1.29 bits per heavy atom. The average molecular weight is 324 g/mol. The summed E-state index contributed by atoms with van der Waals surface area (Å²) in [4.78, 5) is 11.9. The van der Waals surface area contributed by atoms with Crippen molar-refractivity contribution >= 4 is 35.0 Å². The first-order valence-corrected chi connectivity index (χ1v) is 7.96. The molecule has 0 saturated carbocycles. The van der Waals surface area contributed by atoms with Crippen LogP contribution < -0.4 is 5.32 Å². The summed E-state index contributed by atoms with van der Waals surface area (Å²) in [7, 11) is 0. The molecule has 0 unspecified atom stereocenters. The maximum atomic E-state index is 13.1. The van der Waals surface area contributed by atoms with E-state index in [-0.39, 0.29) is 11.7 Å². The van der Waals surface area contributed by atoms with Gasteiger partial charge >= 0.3 is 0 Å². The first kappa shape index (κ1) is 15.9. The van der Waals surface area contributed by atoms with Gasteiger partial charge in [0.05, 0.1) is 5.75 Å². The van der Waals surface area contributed by atoms with E-state index < -0.39 is 0 Å². The molecule has 2 aromatic carbocycles. The summed E-state index contributed by atoms with van der Waals surface area (Å²) in [5.74, 6) is 0.511. The molecule has 0 radical (unpaired) electrons. The highest BCUT2D eigenvalue weighted by Gasteiger charge is 2.06. The molecule has 2 nitrogen and oxygen atoms in total. The van der Waals surface area contributed by atoms with E-state index in [9.17, 15) is 9.18 Å². The standard InChI is InChI=1S/C16H15ClFNOS/c1-11-5-6-14(18)8-15(11)19-16(20)10-21-9-12-3-2-4-13(17)7-12/h2-8H,9-10H2,1H3,(H,19,20). The second-order valence-electron chi connectivity index (χ2n) is 4.63. The highest BCUT2D eigenvalue weighted by Crippen LogP contribution is 2.18. The van der Waals surface area contributed by atoms with Crippen LogP contribution in [0.2, 0.25) is 5.02 Å². The topological polar surface area (TPSA) is 29.1 Å². The van der Waals surface area contributed by atoms with Crippen LogP contribution in [0.5, 0.6) is 0 Å². The Balaban J connectivity index is 1.84. The number of nitrogens with one attached hydrogen (secondary N) is 1. The Bertz CT molecular complexity index is 648. The fourth-order valence-electron chi connectivity index (χ4n) is 1.80. The molecule has 0 fully saturated rings. The maximum absolute atomic E-state index is 13.1. The van der Waals surface area contributed by atoms with E-state index >= 15 is 0 Å². The Morgan fingerprint density at radius 2 is 2.10 bits per heavy atom. The third-order valence-electron chi connectivity index (χ3n) is 2.86. The summed E-state index contributed by atoms with van der Waals surface area (Å²) in [6.45, 7) is 1.83. The van der Waals surface area contributed by atoms with Crippen molar-refractivity contribution < 1.29 is 9.18 Å². The lowest BCUT2D eigenvalue weighted by Gasteiger charge is -2.08. The maximum Gasteiger partial charge on any atom is 0.234 e. The van der Waals surface area contributed by atoms with Gasteiger partial charge in [-0.25, -0.2) is 4.39 Å². The van der Waals surface area contributed by atoms with Gasteiger partial charge < -0.3 is 5.32 Å². The van der Waals surface area contributed by atoms with Gasteiger partial charge in [0, 0.05) is 16.5 Å². The van der Waals surface area contributed by atoms with Gasteiger partial charge in [0.2, 0.25) is 5.91 Å². The molecule has 0 spiro atoms. The third-order valence-corrected chi connectivity index (χ3v) is 4.10. The van der Waals surface area contributed by atoms with Crippen LogP contribution in [0.25, 0.3) is 0 Å². The summed E-state index contributed by atoms with van der Waals surface area (Å²) >= 11 is 7.39. The first-order chi connectivity index (χ1) is 10.0. The molecular formula is C16H15ClFNOS. The number of thioether (sulfide) groups is 1. The Morgan fingerprint density at radius 3 is 2.86 bits per heavy atom. The highest BCUT2D eigenvalue weighted by atomic mass is 35.5. The van der Waals surface area contributed by atoms with Crippen molar-refractivity contribution in [3.63, 3.8) is 0 Å². The van der Waals surface area contributed by atoms with Gasteiger partial charge in [-0.2, -0.15) is 0 Å². The Labute approximate surface area is 132 Å². The van der Waals surface area contributed by atoms with Gasteiger partial charge in [-0.1, -0.05) is 29.8 Å². The minimum Gasteiger partial charge on any atom is -0.325 e. The zero-order valence-corrected chi connectivity index (χ0v) is 13.1. The second kappa shape index (κ2) is 7.48.